The molecule has 1 aliphatic rings. The van der Waals surface area contributed by atoms with E-state index in [1.807, 2.05) is 4.90 Å². The van der Waals surface area contributed by atoms with Crippen LogP contribution in [0.4, 0.5) is 11.5 Å². The van der Waals surface area contributed by atoms with Crippen molar-refractivity contribution in [1.29, 1.82) is 0 Å². The topological polar surface area (TPSA) is 98.2 Å². The molecule has 0 radical (unpaired) electrons. The minimum Gasteiger partial charge on any atom is -0.351 e. The van der Waals surface area contributed by atoms with E-state index in [1.54, 1.807) is 19.2 Å². The van der Waals surface area contributed by atoms with Gasteiger partial charge < -0.3 is 9.42 Å². The molecule has 22 heavy (non-hydrogen) atoms. The molecule has 0 aliphatic carbocycles. The van der Waals surface area contributed by atoms with Crippen molar-refractivity contribution < 1.29 is 9.45 Å². The zero-order valence-corrected chi connectivity index (χ0v) is 12.3. The summed E-state index contributed by atoms with van der Waals surface area (Å²) >= 11 is 0. The lowest BCUT2D eigenvalue weighted by Gasteiger charge is -2.32. The molecular formula is C14H17N5O3. The van der Waals surface area contributed by atoms with E-state index in [2.05, 4.69) is 15.1 Å². The van der Waals surface area contributed by atoms with Gasteiger partial charge in [0.1, 0.15) is 0 Å². The highest BCUT2D eigenvalue weighted by Crippen LogP contribution is 2.29. The zero-order valence-electron chi connectivity index (χ0n) is 12.3. The third kappa shape index (κ3) is 3.05. The van der Waals surface area contributed by atoms with Crippen LogP contribution in [-0.2, 0) is 6.42 Å². The van der Waals surface area contributed by atoms with E-state index in [-0.39, 0.29) is 10.6 Å². The lowest BCUT2D eigenvalue weighted by atomic mass is 9.94. The van der Waals surface area contributed by atoms with Gasteiger partial charge >= 0.3 is 5.69 Å². The molecule has 1 aliphatic heterocycles. The monoisotopic (exact) mass is 303 g/mol. The highest BCUT2D eigenvalue weighted by Gasteiger charge is 2.27. The van der Waals surface area contributed by atoms with Gasteiger partial charge in [-0.25, -0.2) is 4.98 Å². The Kier molecular flexibility index (Phi) is 3.99. The average molecular weight is 303 g/mol. The summed E-state index contributed by atoms with van der Waals surface area (Å²) in [4.78, 5) is 21.2. The number of hydrogen-bond acceptors (Lipinski definition) is 7. The van der Waals surface area contributed by atoms with Crippen LogP contribution in [0.15, 0.2) is 22.9 Å². The number of rotatable bonds is 4. The molecular weight excluding hydrogens is 286 g/mol. The third-order valence-corrected chi connectivity index (χ3v) is 3.82. The first-order chi connectivity index (χ1) is 10.6. The lowest BCUT2D eigenvalue weighted by Crippen LogP contribution is -2.37. The van der Waals surface area contributed by atoms with Gasteiger partial charge in [-0.1, -0.05) is 5.16 Å². The summed E-state index contributed by atoms with van der Waals surface area (Å²) in [7, 11) is 0. The normalized spacial score (nSPS) is 18.4. The van der Waals surface area contributed by atoms with E-state index < -0.39 is 0 Å². The second-order valence-corrected chi connectivity index (χ2v) is 5.49. The smallest absolute Gasteiger partial charge is 0.311 e. The molecule has 0 N–H and O–H groups in total. The number of hydrogen-bond donors (Lipinski definition) is 0. The molecule has 0 aromatic carbocycles. The predicted octanol–water partition coefficient (Wildman–Crippen LogP) is 2.14. The molecule has 2 aromatic rings. The summed E-state index contributed by atoms with van der Waals surface area (Å²) in [6.07, 6.45) is 4.32. The van der Waals surface area contributed by atoms with E-state index in [0.717, 1.165) is 19.4 Å². The van der Waals surface area contributed by atoms with Crippen LogP contribution >= 0.6 is 0 Å². The van der Waals surface area contributed by atoms with Crippen molar-refractivity contribution in [3.05, 3.63) is 40.2 Å². The molecule has 8 nitrogen and oxygen atoms in total. The number of anilines is 1. The summed E-state index contributed by atoms with van der Waals surface area (Å²) in [5, 5.41) is 15.1. The molecule has 3 heterocycles. The van der Waals surface area contributed by atoms with Gasteiger partial charge in [0.05, 0.1) is 4.92 Å². The molecule has 8 heteroatoms. The fraction of sp³-hybridized carbons (Fsp3) is 0.500. The number of nitrogens with zero attached hydrogens (tertiary/aromatic N) is 5. The van der Waals surface area contributed by atoms with Crippen LogP contribution in [0.25, 0.3) is 0 Å². The maximum atomic E-state index is 11.1. The minimum absolute atomic E-state index is 0.0542. The van der Waals surface area contributed by atoms with Crippen LogP contribution in [0.2, 0.25) is 0 Å². The Balaban J connectivity index is 1.74. The van der Waals surface area contributed by atoms with E-state index in [1.165, 1.54) is 6.07 Å². The summed E-state index contributed by atoms with van der Waals surface area (Å²) in [6, 6.07) is 3.08. The fourth-order valence-electron chi connectivity index (χ4n) is 2.88. The van der Waals surface area contributed by atoms with Crippen molar-refractivity contribution in [2.24, 2.45) is 5.92 Å². The Morgan fingerprint density at radius 2 is 2.41 bits per heavy atom. The lowest BCUT2D eigenvalue weighted by molar-refractivity contribution is -0.384. The second-order valence-electron chi connectivity index (χ2n) is 5.49. The van der Waals surface area contributed by atoms with Crippen LogP contribution in [-0.4, -0.2) is 33.1 Å². The zero-order chi connectivity index (χ0) is 15.5. The summed E-state index contributed by atoms with van der Waals surface area (Å²) in [5.41, 5.74) is 0.0542. The van der Waals surface area contributed by atoms with Gasteiger partial charge in [-0.2, -0.15) is 4.98 Å². The van der Waals surface area contributed by atoms with Gasteiger partial charge in [-0.15, -0.1) is 0 Å². The predicted molar refractivity (Wildman–Crippen MR) is 78.6 cm³/mol. The number of piperidine rings is 1. The highest BCUT2D eigenvalue weighted by atomic mass is 16.6. The first-order valence-electron chi connectivity index (χ1n) is 7.27. The van der Waals surface area contributed by atoms with Gasteiger partial charge in [-0.3, -0.25) is 10.1 Å². The maximum absolute atomic E-state index is 11.1. The average Bonchev–Trinajstić information content (AvgIpc) is 2.92. The van der Waals surface area contributed by atoms with Gasteiger partial charge in [0.2, 0.25) is 11.7 Å². The quantitative estimate of drug-likeness (QED) is 0.630. The van der Waals surface area contributed by atoms with E-state index in [9.17, 15) is 10.1 Å². The van der Waals surface area contributed by atoms with Crippen molar-refractivity contribution in [2.45, 2.75) is 26.2 Å². The highest BCUT2D eigenvalue weighted by molar-refractivity contribution is 5.57. The molecule has 3 rings (SSSR count). The van der Waals surface area contributed by atoms with E-state index in [0.29, 0.717) is 36.4 Å². The molecule has 1 unspecified atom stereocenters. The number of nitro groups is 1. The molecule has 1 fully saturated rings. The third-order valence-electron chi connectivity index (χ3n) is 3.82. The first kappa shape index (κ1) is 14.4. The van der Waals surface area contributed by atoms with Crippen molar-refractivity contribution >= 4 is 11.5 Å². The van der Waals surface area contributed by atoms with Crippen molar-refractivity contribution in [1.82, 2.24) is 15.1 Å². The van der Waals surface area contributed by atoms with Crippen LogP contribution in [0.1, 0.15) is 24.6 Å². The fourth-order valence-corrected chi connectivity index (χ4v) is 2.88. The molecule has 0 bridgehead atoms. The van der Waals surface area contributed by atoms with Crippen LogP contribution in [0.3, 0.4) is 0 Å². The SMILES string of the molecule is Cc1nc(CC2CCCN(c3ncccc3[N+](=O)[O-])C2)no1. The van der Waals surface area contributed by atoms with Crippen LogP contribution < -0.4 is 4.90 Å². The Hall–Kier alpha value is -2.51. The maximum Gasteiger partial charge on any atom is 0.311 e. The second kappa shape index (κ2) is 6.08. The molecule has 0 saturated carbocycles. The number of pyridine rings is 1. The first-order valence-corrected chi connectivity index (χ1v) is 7.27. The van der Waals surface area contributed by atoms with Crippen molar-refractivity contribution in [2.75, 3.05) is 18.0 Å². The molecule has 1 atom stereocenters. The Bertz CT molecular complexity index is 672. The Morgan fingerprint density at radius 3 is 3.14 bits per heavy atom. The van der Waals surface area contributed by atoms with E-state index in [4.69, 9.17) is 4.52 Å². The van der Waals surface area contributed by atoms with Crippen LogP contribution in [0, 0.1) is 23.0 Å². The van der Waals surface area contributed by atoms with Gasteiger partial charge in [-0.05, 0) is 24.8 Å². The standard InChI is InChI=1S/C14H17N5O3/c1-10-16-13(17-22-10)8-11-4-3-7-18(9-11)14-12(19(20)21)5-2-6-15-14/h2,5-6,11H,3-4,7-9H2,1H3. The molecule has 116 valence electrons. The minimum atomic E-state index is -0.380. The molecule has 1 saturated heterocycles. The number of aromatic nitrogens is 3. The summed E-state index contributed by atoms with van der Waals surface area (Å²) in [5.74, 6) is 2.04. The molecule has 2 aromatic heterocycles. The Morgan fingerprint density at radius 1 is 1.55 bits per heavy atom. The van der Waals surface area contributed by atoms with E-state index >= 15 is 0 Å². The molecule has 0 amide bonds. The largest absolute Gasteiger partial charge is 0.351 e. The molecule has 0 spiro atoms. The van der Waals surface area contributed by atoms with Crippen molar-refractivity contribution in [3.8, 4) is 0 Å². The van der Waals surface area contributed by atoms with Crippen LogP contribution in [0.5, 0.6) is 0 Å². The van der Waals surface area contributed by atoms with Gasteiger partial charge in [0.15, 0.2) is 5.82 Å². The van der Waals surface area contributed by atoms with Gasteiger partial charge in [0, 0.05) is 38.7 Å². The van der Waals surface area contributed by atoms with Gasteiger partial charge in [0.25, 0.3) is 0 Å². The Labute approximate surface area is 127 Å². The summed E-state index contributed by atoms with van der Waals surface area (Å²) < 4.78 is 4.99. The number of aryl methyl sites for hydroxylation is 1. The van der Waals surface area contributed by atoms with Crippen molar-refractivity contribution in [3.63, 3.8) is 0 Å². The summed E-state index contributed by atoms with van der Waals surface area (Å²) in [6.45, 7) is 3.26.